The quantitative estimate of drug-likeness (QED) is 0.663. The average Bonchev–Trinajstić information content (AvgIpc) is 2.08. The van der Waals surface area contributed by atoms with Gasteiger partial charge in [-0.2, -0.15) is 16.8 Å². The van der Waals surface area contributed by atoms with Crippen molar-refractivity contribution in [1.82, 2.24) is 0 Å². The van der Waals surface area contributed by atoms with Crippen LogP contribution in [0.1, 0.15) is 26.2 Å². The van der Waals surface area contributed by atoms with E-state index >= 15 is 0 Å². The molecule has 8 heteroatoms. The molecule has 1 aliphatic heterocycles. The summed E-state index contributed by atoms with van der Waals surface area (Å²) in [6.45, 7) is 2.03. The van der Waals surface area contributed by atoms with Crippen molar-refractivity contribution in [3.63, 3.8) is 0 Å². The van der Waals surface area contributed by atoms with Gasteiger partial charge in [-0.15, -0.1) is 0 Å². The molecule has 0 amide bonds. The summed E-state index contributed by atoms with van der Waals surface area (Å²) in [5.41, 5.74) is 0. The van der Waals surface area contributed by atoms with Crippen LogP contribution in [0.4, 0.5) is 0 Å². The molecule has 0 spiro atoms. The average molecular weight is 240 g/mol. The normalized spacial score (nSPS) is 21.9. The highest BCUT2D eigenvalue weighted by molar-refractivity contribution is 7.82. The molecule has 0 bridgehead atoms. The molecule has 0 aromatic heterocycles. The van der Waals surface area contributed by atoms with E-state index in [0.717, 1.165) is 12.8 Å². The molecule has 0 aliphatic carbocycles. The van der Waals surface area contributed by atoms with Gasteiger partial charge >= 0.3 is 22.3 Å². The predicted molar refractivity (Wildman–Crippen MR) is 46.9 cm³/mol. The lowest BCUT2D eigenvalue weighted by Crippen LogP contribution is -2.58. The van der Waals surface area contributed by atoms with Crippen molar-refractivity contribution in [2.75, 3.05) is 6.61 Å². The number of carbonyl (C=O) groups is 1. The van der Waals surface area contributed by atoms with Crippen molar-refractivity contribution in [2.24, 2.45) is 0 Å². The summed E-state index contributed by atoms with van der Waals surface area (Å²) in [7, 11) is -4.18. The molecule has 0 aromatic rings. The van der Waals surface area contributed by atoms with E-state index in [0.29, 0.717) is 6.42 Å². The van der Waals surface area contributed by atoms with Crippen LogP contribution in [0.2, 0.25) is 0 Å². The van der Waals surface area contributed by atoms with Gasteiger partial charge in [0.25, 0.3) is 0 Å². The second-order valence-electron chi connectivity index (χ2n) is 2.99. The Morgan fingerprint density at radius 3 is 2.40 bits per heavy atom. The molecule has 88 valence electrons. The minimum absolute atomic E-state index is 0.0651. The van der Waals surface area contributed by atoms with E-state index in [2.05, 4.69) is 8.37 Å². The summed E-state index contributed by atoms with van der Waals surface area (Å²) in [5, 5.41) is 8.63. The molecular formula is C7H12O7S. The lowest BCUT2D eigenvalue weighted by atomic mass is 10.3. The Hall–Kier alpha value is -0.700. The van der Waals surface area contributed by atoms with Crippen LogP contribution in [0.15, 0.2) is 0 Å². The molecule has 0 saturated carbocycles. The topological polar surface area (TPSA) is 99.1 Å². The summed E-state index contributed by atoms with van der Waals surface area (Å²) in [5.74, 6) is -4.08. The van der Waals surface area contributed by atoms with E-state index in [1.807, 2.05) is 6.92 Å². The number of carboxylic acids is 1. The first-order valence-corrected chi connectivity index (χ1v) is 5.79. The lowest BCUT2D eigenvalue weighted by molar-refractivity contribution is -0.334. The number of aliphatic carboxylic acids is 1. The maximum atomic E-state index is 10.6. The van der Waals surface area contributed by atoms with Gasteiger partial charge in [0.1, 0.15) is 0 Å². The zero-order chi connectivity index (χ0) is 11.5. The van der Waals surface area contributed by atoms with Crippen LogP contribution in [0, 0.1) is 0 Å². The van der Waals surface area contributed by atoms with Crippen molar-refractivity contribution >= 4 is 16.4 Å². The third kappa shape index (κ3) is 2.88. The van der Waals surface area contributed by atoms with Crippen molar-refractivity contribution in [3.8, 4) is 0 Å². The van der Waals surface area contributed by atoms with E-state index in [4.69, 9.17) is 9.84 Å². The molecule has 7 nitrogen and oxygen atoms in total. The Bertz CT molecular complexity index is 321. The molecule has 1 aliphatic rings. The van der Waals surface area contributed by atoms with Gasteiger partial charge in [0.2, 0.25) is 0 Å². The van der Waals surface area contributed by atoms with E-state index in [1.54, 1.807) is 0 Å². The summed E-state index contributed by atoms with van der Waals surface area (Å²) in [6, 6.07) is 0. The highest BCUT2D eigenvalue weighted by Gasteiger charge is 2.61. The number of rotatable bonds is 6. The first-order chi connectivity index (χ1) is 6.92. The molecule has 1 N–H and O–H groups in total. The van der Waals surface area contributed by atoms with Gasteiger partial charge in [-0.1, -0.05) is 19.8 Å². The summed E-state index contributed by atoms with van der Waals surface area (Å²) >= 11 is 0. The van der Waals surface area contributed by atoms with Crippen LogP contribution in [0.3, 0.4) is 0 Å². The molecule has 1 rings (SSSR count). The molecule has 1 heterocycles. The van der Waals surface area contributed by atoms with Crippen LogP contribution < -0.4 is 0 Å². The van der Waals surface area contributed by atoms with Crippen LogP contribution in [0.5, 0.6) is 0 Å². The van der Waals surface area contributed by atoms with Gasteiger partial charge in [-0.3, -0.25) is 0 Å². The monoisotopic (exact) mass is 240 g/mol. The molecule has 0 radical (unpaired) electrons. The first-order valence-electron chi connectivity index (χ1n) is 4.45. The molecule has 0 unspecified atom stereocenters. The third-order valence-electron chi connectivity index (χ3n) is 1.73. The number of hydrogen-bond donors (Lipinski definition) is 1. The Kier molecular flexibility index (Phi) is 3.66. The molecule has 1 fully saturated rings. The van der Waals surface area contributed by atoms with Gasteiger partial charge in [-0.05, 0) is 6.42 Å². The molecule has 15 heavy (non-hydrogen) atoms. The van der Waals surface area contributed by atoms with Gasteiger partial charge in [0.15, 0.2) is 0 Å². The van der Waals surface area contributed by atoms with E-state index in [1.165, 1.54) is 0 Å². The van der Waals surface area contributed by atoms with Crippen LogP contribution in [0.25, 0.3) is 0 Å². The Morgan fingerprint density at radius 1 is 1.40 bits per heavy atom. The van der Waals surface area contributed by atoms with Crippen molar-refractivity contribution < 1.29 is 31.4 Å². The van der Waals surface area contributed by atoms with E-state index in [9.17, 15) is 13.2 Å². The maximum absolute atomic E-state index is 10.6. The van der Waals surface area contributed by atoms with E-state index in [-0.39, 0.29) is 6.61 Å². The van der Waals surface area contributed by atoms with Crippen molar-refractivity contribution in [3.05, 3.63) is 0 Å². The smallest absolute Gasteiger partial charge is 0.419 e. The molecule has 0 aromatic carbocycles. The fourth-order valence-electron chi connectivity index (χ4n) is 1.01. The lowest BCUT2D eigenvalue weighted by Gasteiger charge is -2.33. The van der Waals surface area contributed by atoms with Crippen LogP contribution in [-0.2, 0) is 28.3 Å². The van der Waals surface area contributed by atoms with E-state index < -0.39 is 22.3 Å². The summed E-state index contributed by atoms with van der Waals surface area (Å²) < 4.78 is 33.9. The second kappa shape index (κ2) is 4.44. The number of carboxylic acid groups (broad SMARTS) is 1. The highest BCUT2D eigenvalue weighted by atomic mass is 32.3. The minimum atomic E-state index is -4.18. The predicted octanol–water partition coefficient (Wildman–Crippen LogP) is 0.223. The van der Waals surface area contributed by atoms with Gasteiger partial charge < -0.3 is 9.84 Å². The molecule has 0 atom stereocenters. The highest BCUT2D eigenvalue weighted by Crippen LogP contribution is 2.32. The summed E-state index contributed by atoms with van der Waals surface area (Å²) in [6.07, 6.45) is 2.39. The zero-order valence-corrected chi connectivity index (χ0v) is 8.95. The van der Waals surface area contributed by atoms with Crippen molar-refractivity contribution in [2.45, 2.75) is 32.2 Å². The number of unbranched alkanes of at least 4 members (excludes halogenated alkanes) is 2. The fraction of sp³-hybridized carbons (Fsp3) is 0.857. The third-order valence-corrected chi connectivity index (χ3v) is 2.57. The summed E-state index contributed by atoms with van der Waals surface area (Å²) in [4.78, 5) is 10.6. The number of hydrogen-bond acceptors (Lipinski definition) is 6. The van der Waals surface area contributed by atoms with Gasteiger partial charge in [0, 0.05) is 0 Å². The largest absolute Gasteiger partial charge is 0.475 e. The molecule has 1 saturated heterocycles. The molecular weight excluding hydrogens is 228 g/mol. The minimum Gasteiger partial charge on any atom is -0.475 e. The Morgan fingerprint density at radius 2 is 2.00 bits per heavy atom. The van der Waals surface area contributed by atoms with Crippen LogP contribution in [-0.4, -0.2) is 32.1 Å². The van der Waals surface area contributed by atoms with Crippen molar-refractivity contribution in [1.29, 1.82) is 0 Å². The Labute approximate surface area is 87.3 Å². The zero-order valence-electron chi connectivity index (χ0n) is 8.13. The maximum Gasteiger partial charge on any atom is 0.419 e. The standard InChI is InChI=1S/C7H12O7S/c1-2-3-4-5-12-7(6(8)9)13-15(10,11)14-7/h2-5H2,1H3,(H,8,9). The first kappa shape index (κ1) is 12.4. The van der Waals surface area contributed by atoms with Crippen LogP contribution >= 0.6 is 0 Å². The van der Waals surface area contributed by atoms with Gasteiger partial charge in [-0.25, -0.2) is 4.79 Å². The number of ether oxygens (including phenoxy) is 1. The second-order valence-corrected chi connectivity index (χ2v) is 4.14. The fourth-order valence-corrected chi connectivity index (χ4v) is 1.80. The van der Waals surface area contributed by atoms with Gasteiger partial charge in [0.05, 0.1) is 6.61 Å². The SMILES string of the molecule is CCCCCOC1(C(=O)O)OS(=O)(=O)O1. The Balaban J connectivity index is 2.44.